The van der Waals surface area contributed by atoms with E-state index in [2.05, 4.69) is 0 Å². The molecule has 0 amide bonds. The van der Waals surface area contributed by atoms with Crippen LogP contribution < -0.4 is 16.2 Å². The number of carbonyl (C=O) groups excluding carboxylic acids is 2. The van der Waals surface area contributed by atoms with Crippen molar-refractivity contribution in [1.82, 2.24) is 0 Å². The summed E-state index contributed by atoms with van der Waals surface area (Å²) < 4.78 is 58.2. The molecule has 218 valence electrons. The highest BCUT2D eigenvalue weighted by atomic mass is 19.4. The molecule has 0 radical (unpaired) electrons. The van der Waals surface area contributed by atoms with Gasteiger partial charge in [0.2, 0.25) is 0 Å². The Balaban J connectivity index is 1.28. The molecule has 1 aliphatic carbocycles. The minimum Gasteiger partial charge on any atom is -0.493 e. The molecule has 0 unspecified atom stereocenters. The molecular weight excluding hydrogens is 529 g/mol. The van der Waals surface area contributed by atoms with Crippen molar-refractivity contribution in [3.05, 3.63) is 59.7 Å². The average molecular weight is 565 g/mol. The summed E-state index contributed by atoms with van der Waals surface area (Å²) in [5.41, 5.74) is 13.0. The summed E-state index contributed by atoms with van der Waals surface area (Å²) >= 11 is 0. The molecular formula is C29H35F3N2O6. The van der Waals surface area contributed by atoms with Gasteiger partial charge in [0.25, 0.3) is 0 Å². The summed E-state index contributed by atoms with van der Waals surface area (Å²) in [6.07, 6.45) is 1.40. The van der Waals surface area contributed by atoms with Gasteiger partial charge in [-0.2, -0.15) is 13.2 Å². The predicted octanol–water partition coefficient (Wildman–Crippen LogP) is 5.56. The van der Waals surface area contributed by atoms with E-state index >= 15 is 0 Å². The van der Waals surface area contributed by atoms with E-state index in [-0.39, 0.29) is 37.9 Å². The number of nitrogen functional groups attached to an aromatic ring is 2. The molecule has 0 heterocycles. The molecule has 0 aromatic heterocycles. The summed E-state index contributed by atoms with van der Waals surface area (Å²) in [5, 5.41) is 0. The molecule has 1 fully saturated rings. The van der Waals surface area contributed by atoms with Gasteiger partial charge in [0.1, 0.15) is 19.0 Å². The van der Waals surface area contributed by atoms with Crippen molar-refractivity contribution in [2.45, 2.75) is 50.8 Å². The monoisotopic (exact) mass is 564 g/mol. The molecule has 0 aliphatic heterocycles. The lowest BCUT2D eigenvalue weighted by atomic mass is 9.88. The minimum absolute atomic E-state index is 0.00166. The van der Waals surface area contributed by atoms with Crippen LogP contribution in [0.15, 0.2) is 48.5 Å². The normalized spacial score (nSPS) is 17.5. The molecule has 0 saturated heterocycles. The molecule has 40 heavy (non-hydrogen) atoms. The zero-order valence-electron chi connectivity index (χ0n) is 22.2. The first kappa shape index (κ1) is 30.8. The van der Waals surface area contributed by atoms with E-state index in [1.54, 1.807) is 6.08 Å². The zero-order chi connectivity index (χ0) is 29.0. The zero-order valence-corrected chi connectivity index (χ0v) is 22.2. The molecule has 0 atom stereocenters. The van der Waals surface area contributed by atoms with E-state index in [4.69, 9.17) is 30.4 Å². The average Bonchev–Trinajstić information content (AvgIpc) is 2.91. The number of hydrogen-bond donors (Lipinski definition) is 2. The van der Waals surface area contributed by atoms with Gasteiger partial charge in [-0.1, -0.05) is 12.1 Å². The highest BCUT2D eigenvalue weighted by Gasteiger charge is 2.27. The first-order valence-electron chi connectivity index (χ1n) is 13.2. The second-order valence-corrected chi connectivity index (χ2v) is 9.64. The Bertz CT molecular complexity index is 1110. The number of esters is 2. The maximum absolute atomic E-state index is 12.2. The van der Waals surface area contributed by atoms with Crippen LogP contribution >= 0.6 is 0 Å². The quantitative estimate of drug-likeness (QED) is 0.140. The lowest BCUT2D eigenvalue weighted by Crippen LogP contribution is -2.25. The largest absolute Gasteiger partial charge is 0.493 e. The number of rotatable bonds is 13. The molecule has 0 bridgehead atoms. The van der Waals surface area contributed by atoms with Gasteiger partial charge in [-0.15, -0.1) is 0 Å². The Labute approximate surface area is 231 Å². The summed E-state index contributed by atoms with van der Waals surface area (Å²) in [5.74, 6) is -0.126. The van der Waals surface area contributed by atoms with Crippen molar-refractivity contribution in [2.24, 2.45) is 5.92 Å². The molecule has 4 N–H and O–H groups in total. The minimum atomic E-state index is -4.13. The third-order valence-electron chi connectivity index (χ3n) is 6.30. The summed E-state index contributed by atoms with van der Waals surface area (Å²) in [6.45, 7) is 0.472. The van der Waals surface area contributed by atoms with Gasteiger partial charge in [0.05, 0.1) is 18.3 Å². The fourth-order valence-corrected chi connectivity index (χ4v) is 4.24. The Hall–Kier alpha value is -3.73. The Morgan fingerprint density at radius 1 is 0.900 bits per heavy atom. The van der Waals surface area contributed by atoms with Crippen LogP contribution in [0.3, 0.4) is 0 Å². The maximum atomic E-state index is 12.2. The van der Waals surface area contributed by atoms with Crippen molar-refractivity contribution in [3.8, 4) is 5.75 Å². The smallest absolute Gasteiger partial charge is 0.389 e. The van der Waals surface area contributed by atoms with Gasteiger partial charge in [-0.05, 0) is 80.0 Å². The number of carbonyl (C=O) groups is 2. The molecule has 0 spiro atoms. The summed E-state index contributed by atoms with van der Waals surface area (Å²) in [6, 6.07) is 11.7. The van der Waals surface area contributed by atoms with E-state index in [9.17, 15) is 22.8 Å². The molecule has 1 aliphatic rings. The van der Waals surface area contributed by atoms with Crippen molar-refractivity contribution >= 4 is 29.4 Å². The molecule has 1 saturated carbocycles. The maximum Gasteiger partial charge on any atom is 0.389 e. The highest BCUT2D eigenvalue weighted by Crippen LogP contribution is 2.28. The van der Waals surface area contributed by atoms with Crippen LogP contribution in [-0.2, 0) is 19.0 Å². The number of alkyl halides is 3. The number of benzene rings is 2. The van der Waals surface area contributed by atoms with Crippen molar-refractivity contribution < 1.29 is 41.7 Å². The van der Waals surface area contributed by atoms with E-state index in [0.29, 0.717) is 29.6 Å². The first-order chi connectivity index (χ1) is 19.1. The van der Waals surface area contributed by atoms with Crippen LogP contribution in [0.2, 0.25) is 0 Å². The molecule has 2 aromatic rings. The van der Waals surface area contributed by atoms with Gasteiger partial charge in [0, 0.05) is 30.5 Å². The molecule has 3 rings (SSSR count). The van der Waals surface area contributed by atoms with Crippen LogP contribution in [0.4, 0.5) is 24.5 Å². The SMILES string of the molecule is Nc1cc(N)cc(C(=O)OCCOC(=O)/C=C/c2ccc(OCC3CCC(OCCCC(F)(F)F)CC3)cc2)c1. The second-order valence-electron chi connectivity index (χ2n) is 9.64. The standard InChI is InChI=1S/C29H35F3N2O6/c30-29(31,32)12-1-13-37-25-9-4-21(5-10-25)19-40-26-7-2-20(3-8-26)6-11-27(35)38-14-15-39-28(36)22-16-23(33)18-24(34)17-22/h2-3,6-8,11,16-18,21,25H,1,4-5,9-10,12-15,19,33-34H2/b11-6+. The van der Waals surface area contributed by atoms with Gasteiger partial charge >= 0.3 is 18.1 Å². The van der Waals surface area contributed by atoms with Crippen LogP contribution in [0.25, 0.3) is 6.08 Å². The lowest BCUT2D eigenvalue weighted by molar-refractivity contribution is -0.139. The lowest BCUT2D eigenvalue weighted by Gasteiger charge is -2.28. The second kappa shape index (κ2) is 15.2. The Morgan fingerprint density at radius 2 is 1.55 bits per heavy atom. The fourth-order valence-electron chi connectivity index (χ4n) is 4.24. The van der Waals surface area contributed by atoms with Crippen LogP contribution in [0.1, 0.15) is 54.4 Å². The number of ether oxygens (including phenoxy) is 4. The van der Waals surface area contributed by atoms with E-state index in [0.717, 1.165) is 31.2 Å². The van der Waals surface area contributed by atoms with Crippen LogP contribution in [0, 0.1) is 5.92 Å². The Morgan fingerprint density at radius 3 is 2.20 bits per heavy atom. The molecule has 11 heteroatoms. The van der Waals surface area contributed by atoms with Crippen LogP contribution in [0.5, 0.6) is 5.75 Å². The molecule has 8 nitrogen and oxygen atoms in total. The van der Waals surface area contributed by atoms with Crippen molar-refractivity contribution in [1.29, 1.82) is 0 Å². The highest BCUT2D eigenvalue weighted by molar-refractivity contribution is 5.91. The fraction of sp³-hybridized carbons (Fsp3) is 0.448. The Kier molecular flexibility index (Phi) is 11.7. The number of hydrogen-bond acceptors (Lipinski definition) is 8. The van der Waals surface area contributed by atoms with Gasteiger partial charge in [-0.3, -0.25) is 0 Å². The van der Waals surface area contributed by atoms with Gasteiger partial charge in [0.15, 0.2) is 0 Å². The molecule has 2 aromatic carbocycles. The predicted molar refractivity (Wildman–Crippen MR) is 144 cm³/mol. The third kappa shape index (κ3) is 11.6. The summed E-state index contributed by atoms with van der Waals surface area (Å²) in [7, 11) is 0. The van der Waals surface area contributed by atoms with Gasteiger partial charge in [-0.25, -0.2) is 9.59 Å². The first-order valence-corrected chi connectivity index (χ1v) is 13.2. The van der Waals surface area contributed by atoms with E-state index in [1.807, 2.05) is 24.3 Å². The number of nitrogens with two attached hydrogens (primary N) is 2. The topological polar surface area (TPSA) is 123 Å². The number of halogens is 3. The summed E-state index contributed by atoms with van der Waals surface area (Å²) in [4.78, 5) is 24.0. The number of anilines is 2. The van der Waals surface area contributed by atoms with Crippen molar-refractivity contribution in [2.75, 3.05) is 37.9 Å². The van der Waals surface area contributed by atoms with E-state index < -0.39 is 24.5 Å². The van der Waals surface area contributed by atoms with Crippen molar-refractivity contribution in [3.63, 3.8) is 0 Å². The van der Waals surface area contributed by atoms with Crippen LogP contribution in [-0.4, -0.2) is 50.6 Å². The van der Waals surface area contributed by atoms with Gasteiger partial charge < -0.3 is 30.4 Å². The third-order valence-corrected chi connectivity index (χ3v) is 6.30. The van der Waals surface area contributed by atoms with E-state index in [1.165, 1.54) is 24.3 Å².